The molecule has 2 aromatic rings. The third-order valence-electron chi connectivity index (χ3n) is 2.64. The molecule has 0 unspecified atom stereocenters. The van der Waals surface area contributed by atoms with Gasteiger partial charge in [-0.25, -0.2) is 8.42 Å². The quantitative estimate of drug-likeness (QED) is 0.748. The van der Waals surface area contributed by atoms with Gasteiger partial charge in [-0.15, -0.1) is 0 Å². The van der Waals surface area contributed by atoms with E-state index in [1.165, 1.54) is 0 Å². The smallest absolute Gasteiger partial charge is 0.236 e. The molecule has 0 aliphatic rings. The van der Waals surface area contributed by atoms with Gasteiger partial charge in [0.05, 0.1) is 28.1 Å². The zero-order valence-electron chi connectivity index (χ0n) is 10.7. The first-order valence-corrected chi connectivity index (χ1v) is 8.95. The molecule has 0 atom stereocenters. The molecule has 2 rings (SSSR count). The Balaban J connectivity index is 2.16. The number of sulfonamides is 1. The van der Waals surface area contributed by atoms with Crippen molar-refractivity contribution in [2.24, 2.45) is 0 Å². The van der Waals surface area contributed by atoms with E-state index in [-0.39, 0.29) is 5.75 Å². The lowest BCUT2D eigenvalue weighted by atomic mass is 10.2. The van der Waals surface area contributed by atoms with Gasteiger partial charge in [0.2, 0.25) is 10.0 Å². The van der Waals surface area contributed by atoms with Crippen LogP contribution in [0.25, 0.3) is 0 Å². The van der Waals surface area contributed by atoms with Crippen molar-refractivity contribution in [3.05, 3.63) is 62.2 Å². The molecule has 21 heavy (non-hydrogen) atoms. The molecule has 7 heteroatoms. The molecule has 0 spiro atoms. The van der Waals surface area contributed by atoms with E-state index in [0.717, 1.165) is 3.57 Å². The first-order chi connectivity index (χ1) is 9.89. The van der Waals surface area contributed by atoms with Gasteiger partial charge in [0.15, 0.2) is 0 Å². The number of hydrogen-bond donors (Lipinski definition) is 1. The molecule has 0 fully saturated rings. The summed E-state index contributed by atoms with van der Waals surface area (Å²) in [6.45, 7) is 0. The van der Waals surface area contributed by atoms with Crippen LogP contribution >= 0.6 is 34.2 Å². The second kappa shape index (κ2) is 6.64. The van der Waals surface area contributed by atoms with Crippen LogP contribution in [0.2, 0.25) is 5.02 Å². The van der Waals surface area contributed by atoms with Gasteiger partial charge in [0, 0.05) is 3.57 Å². The fourth-order valence-electron chi connectivity index (χ4n) is 1.67. The fourth-order valence-corrected chi connectivity index (χ4v) is 3.85. The van der Waals surface area contributed by atoms with Crippen molar-refractivity contribution >= 4 is 49.9 Å². The highest BCUT2D eigenvalue weighted by Crippen LogP contribution is 2.25. The Morgan fingerprint density at radius 2 is 1.86 bits per heavy atom. The van der Waals surface area contributed by atoms with E-state index in [4.69, 9.17) is 16.9 Å². The lowest BCUT2D eigenvalue weighted by Crippen LogP contribution is -2.15. The number of halogens is 2. The van der Waals surface area contributed by atoms with Crippen molar-refractivity contribution in [3.63, 3.8) is 0 Å². The zero-order chi connectivity index (χ0) is 15.5. The van der Waals surface area contributed by atoms with Gasteiger partial charge in [-0.05, 0) is 58.5 Å². The SMILES string of the molecule is N#Cc1ccc(CS(=O)(=O)Nc2ccc(I)cc2Cl)cc1. The molecule has 2 aromatic carbocycles. The third kappa shape index (κ3) is 4.59. The van der Waals surface area contributed by atoms with Crippen molar-refractivity contribution in [1.29, 1.82) is 5.26 Å². The van der Waals surface area contributed by atoms with Crippen molar-refractivity contribution < 1.29 is 8.42 Å². The number of anilines is 1. The van der Waals surface area contributed by atoms with Gasteiger partial charge in [-0.3, -0.25) is 4.72 Å². The lowest BCUT2D eigenvalue weighted by molar-refractivity contribution is 0.600. The Hall–Kier alpha value is -1.30. The molecule has 0 saturated heterocycles. The predicted molar refractivity (Wildman–Crippen MR) is 91.6 cm³/mol. The summed E-state index contributed by atoms with van der Waals surface area (Å²) in [6, 6.07) is 13.5. The molecule has 0 amide bonds. The third-order valence-corrected chi connectivity index (χ3v) is 4.86. The second-order valence-electron chi connectivity index (χ2n) is 4.29. The summed E-state index contributed by atoms with van der Waals surface area (Å²) in [6.07, 6.45) is 0. The van der Waals surface area contributed by atoms with E-state index in [1.807, 2.05) is 6.07 Å². The predicted octanol–water partition coefficient (Wildman–Crippen LogP) is 3.76. The van der Waals surface area contributed by atoms with Crippen LogP contribution in [0.3, 0.4) is 0 Å². The van der Waals surface area contributed by atoms with E-state index in [0.29, 0.717) is 21.8 Å². The molecule has 1 N–H and O–H groups in total. The molecule has 4 nitrogen and oxygen atoms in total. The number of hydrogen-bond acceptors (Lipinski definition) is 3. The number of rotatable bonds is 4. The van der Waals surface area contributed by atoms with Gasteiger partial charge in [0.25, 0.3) is 0 Å². The van der Waals surface area contributed by atoms with E-state index in [9.17, 15) is 8.42 Å². The number of nitriles is 1. The molecule has 108 valence electrons. The summed E-state index contributed by atoms with van der Waals surface area (Å²) < 4.78 is 27.6. The van der Waals surface area contributed by atoms with Crippen molar-refractivity contribution in [3.8, 4) is 6.07 Å². The molecular weight excluding hydrogens is 423 g/mol. The Morgan fingerprint density at radius 3 is 2.43 bits per heavy atom. The van der Waals surface area contributed by atoms with Crippen LogP contribution in [0, 0.1) is 14.9 Å². The van der Waals surface area contributed by atoms with Crippen LogP contribution < -0.4 is 4.72 Å². The van der Waals surface area contributed by atoms with E-state index in [1.54, 1.807) is 42.5 Å². The van der Waals surface area contributed by atoms with Crippen LogP contribution in [0.15, 0.2) is 42.5 Å². The van der Waals surface area contributed by atoms with E-state index < -0.39 is 10.0 Å². The minimum atomic E-state index is -3.56. The zero-order valence-corrected chi connectivity index (χ0v) is 14.4. The van der Waals surface area contributed by atoms with Crippen LogP contribution in [-0.4, -0.2) is 8.42 Å². The van der Waals surface area contributed by atoms with Crippen molar-refractivity contribution in [1.82, 2.24) is 0 Å². The van der Waals surface area contributed by atoms with Crippen LogP contribution in [-0.2, 0) is 15.8 Å². The average Bonchev–Trinajstić information content (AvgIpc) is 2.42. The monoisotopic (exact) mass is 432 g/mol. The van der Waals surface area contributed by atoms with E-state index >= 15 is 0 Å². The van der Waals surface area contributed by atoms with Crippen LogP contribution in [0.5, 0.6) is 0 Å². The van der Waals surface area contributed by atoms with Gasteiger partial charge in [-0.1, -0.05) is 23.7 Å². The Labute approximate surface area is 141 Å². The summed E-state index contributed by atoms with van der Waals surface area (Å²) in [5, 5.41) is 9.07. The molecule has 0 heterocycles. The topological polar surface area (TPSA) is 70.0 Å². The first-order valence-electron chi connectivity index (χ1n) is 5.84. The summed E-state index contributed by atoms with van der Waals surface area (Å²) in [7, 11) is -3.56. The minimum Gasteiger partial charge on any atom is -0.282 e. The summed E-state index contributed by atoms with van der Waals surface area (Å²) in [5.41, 5.74) is 1.44. The number of nitrogens with zero attached hydrogens (tertiary/aromatic N) is 1. The second-order valence-corrected chi connectivity index (χ2v) is 7.67. The maximum Gasteiger partial charge on any atom is 0.236 e. The van der Waals surface area contributed by atoms with E-state index in [2.05, 4.69) is 27.3 Å². The van der Waals surface area contributed by atoms with Crippen molar-refractivity contribution in [2.45, 2.75) is 5.75 Å². The lowest BCUT2D eigenvalue weighted by Gasteiger charge is -2.10. The molecule has 0 aliphatic heterocycles. The standard InChI is InChI=1S/C14H10ClIN2O2S/c15-13-7-12(16)5-6-14(13)18-21(19,20)9-11-3-1-10(8-17)2-4-11/h1-7,18H,9H2. The van der Waals surface area contributed by atoms with Crippen molar-refractivity contribution in [2.75, 3.05) is 4.72 Å². The Kier molecular flexibility index (Phi) is 5.08. The minimum absolute atomic E-state index is 0.180. The average molecular weight is 433 g/mol. The summed E-state index contributed by atoms with van der Waals surface area (Å²) in [4.78, 5) is 0. The number of benzene rings is 2. The van der Waals surface area contributed by atoms with Crippen LogP contribution in [0.4, 0.5) is 5.69 Å². The maximum atomic E-state index is 12.1. The van der Waals surface area contributed by atoms with Gasteiger partial charge >= 0.3 is 0 Å². The Morgan fingerprint density at radius 1 is 1.19 bits per heavy atom. The molecule has 0 radical (unpaired) electrons. The molecule has 0 aromatic heterocycles. The summed E-state index contributed by atoms with van der Waals surface area (Å²) in [5.74, 6) is -0.180. The Bertz CT molecular complexity index is 799. The highest BCUT2D eigenvalue weighted by atomic mass is 127. The molecular formula is C14H10ClIN2O2S. The normalized spacial score (nSPS) is 10.9. The highest BCUT2D eigenvalue weighted by Gasteiger charge is 2.13. The first kappa shape index (κ1) is 16.1. The molecule has 0 saturated carbocycles. The van der Waals surface area contributed by atoms with Crippen LogP contribution in [0.1, 0.15) is 11.1 Å². The largest absolute Gasteiger partial charge is 0.282 e. The highest BCUT2D eigenvalue weighted by molar-refractivity contribution is 14.1. The van der Waals surface area contributed by atoms with Gasteiger partial charge in [0.1, 0.15) is 0 Å². The summed E-state index contributed by atoms with van der Waals surface area (Å²) >= 11 is 8.11. The van der Waals surface area contributed by atoms with Gasteiger partial charge in [-0.2, -0.15) is 5.26 Å². The van der Waals surface area contributed by atoms with Gasteiger partial charge < -0.3 is 0 Å². The molecule has 0 aliphatic carbocycles. The maximum absolute atomic E-state index is 12.1. The fraction of sp³-hybridized carbons (Fsp3) is 0.0714. The number of nitrogens with one attached hydrogen (secondary N) is 1. The molecule has 0 bridgehead atoms.